The summed E-state index contributed by atoms with van der Waals surface area (Å²) < 4.78 is 13.8. The summed E-state index contributed by atoms with van der Waals surface area (Å²) in [6, 6.07) is 3.87. The van der Waals surface area contributed by atoms with E-state index in [0.717, 1.165) is 11.8 Å². The van der Waals surface area contributed by atoms with E-state index in [4.69, 9.17) is 5.11 Å². The molecule has 1 heterocycles. The zero-order chi connectivity index (χ0) is 13.1. The van der Waals surface area contributed by atoms with Crippen LogP contribution >= 0.6 is 11.3 Å². The molecule has 0 unspecified atom stereocenters. The molecular weight excluding hydrogens is 255 g/mol. The number of benzene rings is 1. The molecule has 0 atom stereocenters. The van der Waals surface area contributed by atoms with Crippen LogP contribution in [0.1, 0.15) is 16.1 Å². The van der Waals surface area contributed by atoms with Gasteiger partial charge in [-0.25, -0.2) is 14.2 Å². The molecule has 1 aromatic carbocycles. The summed E-state index contributed by atoms with van der Waals surface area (Å²) >= 11 is 1.48. The second-order valence-electron chi connectivity index (χ2n) is 3.81. The van der Waals surface area contributed by atoms with E-state index in [9.17, 15) is 9.18 Å². The predicted octanol–water partition coefficient (Wildman–Crippen LogP) is 2.62. The van der Waals surface area contributed by atoms with Gasteiger partial charge in [-0.2, -0.15) is 0 Å². The first kappa shape index (κ1) is 12.5. The van der Waals surface area contributed by atoms with Gasteiger partial charge in [0.2, 0.25) is 0 Å². The summed E-state index contributed by atoms with van der Waals surface area (Å²) in [4.78, 5) is 16.5. The van der Waals surface area contributed by atoms with Gasteiger partial charge in [0, 0.05) is 12.4 Å². The molecule has 0 fully saturated rings. The predicted molar refractivity (Wildman–Crippen MR) is 67.6 cm³/mol. The molecule has 2 rings (SSSR count). The first-order valence-corrected chi connectivity index (χ1v) is 6.13. The van der Waals surface area contributed by atoms with Crippen molar-refractivity contribution in [3.63, 3.8) is 0 Å². The summed E-state index contributed by atoms with van der Waals surface area (Å²) in [7, 11) is 1.73. The minimum Gasteiger partial charge on any atom is -0.478 e. The number of carboxylic acid groups (broad SMARTS) is 1. The quantitative estimate of drug-likeness (QED) is 0.924. The van der Waals surface area contributed by atoms with Crippen LogP contribution in [-0.2, 0) is 6.54 Å². The lowest BCUT2D eigenvalue weighted by Gasteiger charge is -2.18. The van der Waals surface area contributed by atoms with Crippen molar-refractivity contribution in [2.45, 2.75) is 6.54 Å². The number of hydrogen-bond donors (Lipinski definition) is 1. The van der Waals surface area contributed by atoms with Gasteiger partial charge in [-0.1, -0.05) is 0 Å². The number of nitrogens with zero attached hydrogens (tertiary/aromatic N) is 2. The van der Waals surface area contributed by atoms with E-state index in [2.05, 4.69) is 4.98 Å². The number of rotatable bonds is 4. The van der Waals surface area contributed by atoms with Crippen LogP contribution < -0.4 is 4.90 Å². The van der Waals surface area contributed by atoms with E-state index >= 15 is 0 Å². The highest BCUT2D eigenvalue weighted by molar-refractivity contribution is 7.07. The van der Waals surface area contributed by atoms with Crippen molar-refractivity contribution >= 4 is 23.0 Å². The lowest BCUT2D eigenvalue weighted by molar-refractivity contribution is 0.0696. The Labute approximate surface area is 107 Å². The Bertz CT molecular complexity index is 557. The average molecular weight is 266 g/mol. The zero-order valence-electron chi connectivity index (χ0n) is 9.63. The van der Waals surface area contributed by atoms with Gasteiger partial charge in [0.25, 0.3) is 0 Å². The van der Waals surface area contributed by atoms with Crippen LogP contribution in [0.5, 0.6) is 0 Å². The van der Waals surface area contributed by atoms with Crippen molar-refractivity contribution in [2.75, 3.05) is 11.9 Å². The number of anilines is 1. The maximum Gasteiger partial charge on any atom is 0.335 e. The number of thiazole rings is 1. The van der Waals surface area contributed by atoms with E-state index in [1.165, 1.54) is 23.5 Å². The second kappa shape index (κ2) is 5.14. The highest BCUT2D eigenvalue weighted by Gasteiger charge is 2.12. The monoisotopic (exact) mass is 266 g/mol. The highest BCUT2D eigenvalue weighted by Crippen LogP contribution is 2.21. The Morgan fingerprint density at radius 2 is 2.33 bits per heavy atom. The maximum atomic E-state index is 13.8. The van der Waals surface area contributed by atoms with E-state index < -0.39 is 11.8 Å². The molecule has 0 amide bonds. The molecule has 0 radical (unpaired) electrons. The van der Waals surface area contributed by atoms with Crippen LogP contribution in [0.15, 0.2) is 29.1 Å². The number of aromatic nitrogens is 1. The zero-order valence-corrected chi connectivity index (χ0v) is 10.4. The van der Waals surface area contributed by atoms with Gasteiger partial charge < -0.3 is 10.0 Å². The third kappa shape index (κ3) is 2.65. The summed E-state index contributed by atoms with van der Waals surface area (Å²) in [6.07, 6.45) is 0. The van der Waals surface area contributed by atoms with Crippen LogP contribution in [-0.4, -0.2) is 23.1 Å². The average Bonchev–Trinajstić information content (AvgIpc) is 2.81. The Hall–Kier alpha value is -1.95. The molecule has 2 aromatic rings. The molecule has 94 valence electrons. The number of hydrogen-bond acceptors (Lipinski definition) is 4. The lowest BCUT2D eigenvalue weighted by Crippen LogP contribution is -2.18. The number of carbonyl (C=O) groups is 1. The Morgan fingerprint density at radius 1 is 1.56 bits per heavy atom. The van der Waals surface area contributed by atoms with Crippen LogP contribution in [0.25, 0.3) is 0 Å². The summed E-state index contributed by atoms with van der Waals surface area (Å²) in [6.45, 7) is 0.479. The second-order valence-corrected chi connectivity index (χ2v) is 4.53. The molecule has 0 bridgehead atoms. The molecule has 1 N–H and O–H groups in total. The van der Waals surface area contributed by atoms with Crippen molar-refractivity contribution < 1.29 is 14.3 Å². The summed E-state index contributed by atoms with van der Waals surface area (Å²) in [5.74, 6) is -1.68. The summed E-state index contributed by atoms with van der Waals surface area (Å²) in [5.41, 5.74) is 2.86. The first-order valence-electron chi connectivity index (χ1n) is 5.19. The first-order chi connectivity index (χ1) is 8.58. The van der Waals surface area contributed by atoms with Gasteiger partial charge >= 0.3 is 5.97 Å². The van der Waals surface area contributed by atoms with Crippen molar-refractivity contribution in [2.24, 2.45) is 0 Å². The smallest absolute Gasteiger partial charge is 0.335 e. The van der Waals surface area contributed by atoms with Crippen molar-refractivity contribution in [3.8, 4) is 0 Å². The van der Waals surface area contributed by atoms with Gasteiger partial charge in [0.15, 0.2) is 0 Å². The molecule has 0 saturated carbocycles. The van der Waals surface area contributed by atoms with Gasteiger partial charge in [-0.15, -0.1) is 11.3 Å². The molecule has 0 saturated heterocycles. The molecular formula is C12H11FN2O2S. The van der Waals surface area contributed by atoms with E-state index in [1.807, 2.05) is 5.38 Å². The molecule has 1 aromatic heterocycles. The third-order valence-corrected chi connectivity index (χ3v) is 3.12. The number of aromatic carboxylic acids is 1. The SMILES string of the molecule is CN(Cc1cscn1)c1ccc(C(=O)O)cc1F. The minimum atomic E-state index is -1.14. The molecule has 0 spiro atoms. The molecule has 4 nitrogen and oxygen atoms in total. The molecule has 18 heavy (non-hydrogen) atoms. The Balaban J connectivity index is 2.20. The Morgan fingerprint density at radius 3 is 2.89 bits per heavy atom. The fourth-order valence-corrected chi connectivity index (χ4v) is 2.14. The van der Waals surface area contributed by atoms with Crippen molar-refractivity contribution in [1.29, 1.82) is 0 Å². The third-order valence-electron chi connectivity index (χ3n) is 2.49. The van der Waals surface area contributed by atoms with Crippen LogP contribution in [0.3, 0.4) is 0 Å². The van der Waals surface area contributed by atoms with Gasteiger partial charge in [-0.05, 0) is 18.2 Å². The van der Waals surface area contributed by atoms with E-state index in [0.29, 0.717) is 12.2 Å². The van der Waals surface area contributed by atoms with E-state index in [-0.39, 0.29) is 5.56 Å². The molecule has 0 aliphatic carbocycles. The maximum absolute atomic E-state index is 13.8. The van der Waals surface area contributed by atoms with Crippen molar-refractivity contribution in [1.82, 2.24) is 4.98 Å². The van der Waals surface area contributed by atoms with E-state index in [1.54, 1.807) is 17.5 Å². The fourth-order valence-electron chi connectivity index (χ4n) is 1.59. The molecule has 6 heteroatoms. The molecule has 0 aliphatic heterocycles. The lowest BCUT2D eigenvalue weighted by atomic mass is 10.2. The number of carboxylic acids is 1. The topological polar surface area (TPSA) is 53.4 Å². The van der Waals surface area contributed by atoms with Gasteiger partial charge in [0.05, 0.1) is 29.0 Å². The van der Waals surface area contributed by atoms with Crippen LogP contribution in [0.2, 0.25) is 0 Å². The minimum absolute atomic E-state index is 0.0571. The number of halogens is 1. The van der Waals surface area contributed by atoms with Gasteiger partial charge in [0.1, 0.15) is 5.82 Å². The normalized spacial score (nSPS) is 10.3. The summed E-state index contributed by atoms with van der Waals surface area (Å²) in [5, 5.41) is 10.6. The van der Waals surface area contributed by atoms with Crippen molar-refractivity contribution in [3.05, 3.63) is 46.2 Å². The fraction of sp³-hybridized carbons (Fsp3) is 0.167. The van der Waals surface area contributed by atoms with Crippen LogP contribution in [0.4, 0.5) is 10.1 Å². The largest absolute Gasteiger partial charge is 0.478 e. The van der Waals surface area contributed by atoms with Gasteiger partial charge in [-0.3, -0.25) is 0 Å². The highest BCUT2D eigenvalue weighted by atomic mass is 32.1. The van der Waals surface area contributed by atoms with Crippen LogP contribution in [0, 0.1) is 5.82 Å². The Kier molecular flexibility index (Phi) is 3.57. The molecule has 0 aliphatic rings. The standard InChI is InChI=1S/C12H11FN2O2S/c1-15(5-9-6-18-7-14-9)11-3-2-8(12(16)17)4-10(11)13/h2-4,6-7H,5H2,1H3,(H,16,17).